The average molecular weight is 295 g/mol. The number of pyridine rings is 1. The van der Waals surface area contributed by atoms with E-state index in [0.717, 1.165) is 24.6 Å². The summed E-state index contributed by atoms with van der Waals surface area (Å²) in [6, 6.07) is 6.85. The van der Waals surface area contributed by atoms with Gasteiger partial charge in [-0.3, -0.25) is 0 Å². The highest BCUT2D eigenvalue weighted by atomic mass is 16.5. The van der Waals surface area contributed by atoms with Crippen molar-refractivity contribution in [3.05, 3.63) is 23.9 Å². The standard InChI is InChI=1S/C16H29N3O2/c1-13(2)17-11-15-7-6-8-16(18-15)19(9-10-20-4)14(3)12-21-5/h6-8,13-14,17H,9-12H2,1-5H3. The van der Waals surface area contributed by atoms with Crippen LogP contribution in [-0.2, 0) is 16.0 Å². The lowest BCUT2D eigenvalue weighted by Gasteiger charge is -2.30. The summed E-state index contributed by atoms with van der Waals surface area (Å²) in [5, 5.41) is 3.40. The van der Waals surface area contributed by atoms with Crippen LogP contribution in [0.3, 0.4) is 0 Å². The van der Waals surface area contributed by atoms with Gasteiger partial charge in [-0.1, -0.05) is 19.9 Å². The van der Waals surface area contributed by atoms with Crippen LogP contribution < -0.4 is 10.2 Å². The molecule has 21 heavy (non-hydrogen) atoms. The monoisotopic (exact) mass is 295 g/mol. The van der Waals surface area contributed by atoms with Gasteiger partial charge in [0.05, 0.1) is 24.9 Å². The summed E-state index contributed by atoms with van der Waals surface area (Å²) in [4.78, 5) is 6.98. The summed E-state index contributed by atoms with van der Waals surface area (Å²) in [6.45, 7) is 9.33. The normalized spacial score (nSPS) is 12.7. The largest absolute Gasteiger partial charge is 0.383 e. The molecule has 0 aliphatic heterocycles. The molecule has 0 saturated carbocycles. The molecular formula is C16H29N3O2. The van der Waals surface area contributed by atoms with Crippen LogP contribution >= 0.6 is 0 Å². The lowest BCUT2D eigenvalue weighted by molar-refractivity contribution is 0.170. The van der Waals surface area contributed by atoms with E-state index in [1.165, 1.54) is 0 Å². The minimum atomic E-state index is 0.256. The topological polar surface area (TPSA) is 46.6 Å². The molecule has 1 heterocycles. The summed E-state index contributed by atoms with van der Waals surface area (Å²) in [7, 11) is 3.44. The lowest BCUT2D eigenvalue weighted by Crippen LogP contribution is -2.39. The maximum absolute atomic E-state index is 5.27. The van der Waals surface area contributed by atoms with Gasteiger partial charge in [0, 0.05) is 33.4 Å². The molecule has 0 aliphatic rings. The molecule has 0 aromatic carbocycles. The summed E-state index contributed by atoms with van der Waals surface area (Å²) in [6.07, 6.45) is 0. The Morgan fingerprint density at radius 2 is 1.95 bits per heavy atom. The average Bonchev–Trinajstić information content (AvgIpc) is 2.46. The second-order valence-electron chi connectivity index (χ2n) is 5.51. The van der Waals surface area contributed by atoms with Crippen LogP contribution in [0.1, 0.15) is 26.5 Å². The zero-order valence-corrected chi connectivity index (χ0v) is 13.9. The second-order valence-corrected chi connectivity index (χ2v) is 5.51. The number of aromatic nitrogens is 1. The Hall–Kier alpha value is -1.17. The highest BCUT2D eigenvalue weighted by Gasteiger charge is 2.15. The molecule has 1 unspecified atom stereocenters. The van der Waals surface area contributed by atoms with Gasteiger partial charge in [0.25, 0.3) is 0 Å². The third-order valence-corrected chi connectivity index (χ3v) is 3.25. The molecule has 0 saturated heterocycles. The number of ether oxygens (including phenoxy) is 2. The Kier molecular flexibility index (Phi) is 8.27. The Balaban J connectivity index is 2.82. The number of rotatable bonds is 10. The zero-order valence-electron chi connectivity index (χ0n) is 13.9. The quantitative estimate of drug-likeness (QED) is 0.716. The molecular weight excluding hydrogens is 266 g/mol. The van der Waals surface area contributed by atoms with E-state index in [9.17, 15) is 0 Å². The first kappa shape index (κ1) is 17.9. The molecule has 0 aliphatic carbocycles. The van der Waals surface area contributed by atoms with Crippen molar-refractivity contribution in [2.45, 2.75) is 39.4 Å². The molecule has 0 fully saturated rings. The molecule has 5 nitrogen and oxygen atoms in total. The van der Waals surface area contributed by atoms with Gasteiger partial charge in [-0.15, -0.1) is 0 Å². The van der Waals surface area contributed by atoms with Crippen molar-refractivity contribution in [1.82, 2.24) is 10.3 Å². The van der Waals surface area contributed by atoms with Gasteiger partial charge in [-0.2, -0.15) is 0 Å². The van der Waals surface area contributed by atoms with Crippen molar-refractivity contribution < 1.29 is 9.47 Å². The molecule has 0 radical (unpaired) electrons. The fourth-order valence-electron chi connectivity index (χ4n) is 2.12. The molecule has 0 amide bonds. The van der Waals surface area contributed by atoms with E-state index in [1.807, 2.05) is 12.1 Å². The molecule has 0 bridgehead atoms. The number of hydrogen-bond acceptors (Lipinski definition) is 5. The van der Waals surface area contributed by atoms with Gasteiger partial charge in [-0.05, 0) is 19.1 Å². The highest BCUT2D eigenvalue weighted by Crippen LogP contribution is 2.15. The van der Waals surface area contributed by atoms with E-state index in [1.54, 1.807) is 14.2 Å². The van der Waals surface area contributed by atoms with E-state index in [4.69, 9.17) is 14.5 Å². The summed E-state index contributed by atoms with van der Waals surface area (Å²) in [5.74, 6) is 0.972. The van der Waals surface area contributed by atoms with Crippen LogP contribution in [0.15, 0.2) is 18.2 Å². The molecule has 1 atom stereocenters. The van der Waals surface area contributed by atoms with Gasteiger partial charge >= 0.3 is 0 Å². The van der Waals surface area contributed by atoms with Gasteiger partial charge in [0.1, 0.15) is 5.82 Å². The van der Waals surface area contributed by atoms with E-state index < -0.39 is 0 Å². The van der Waals surface area contributed by atoms with Gasteiger partial charge in [0.15, 0.2) is 0 Å². The number of hydrogen-bond donors (Lipinski definition) is 1. The van der Waals surface area contributed by atoms with Crippen LogP contribution in [0.2, 0.25) is 0 Å². The second kappa shape index (κ2) is 9.71. The van der Waals surface area contributed by atoms with Crippen LogP contribution in [0.25, 0.3) is 0 Å². The van der Waals surface area contributed by atoms with E-state index in [0.29, 0.717) is 19.3 Å². The van der Waals surface area contributed by atoms with Crippen molar-refractivity contribution in [1.29, 1.82) is 0 Å². The lowest BCUT2D eigenvalue weighted by atomic mass is 10.2. The minimum Gasteiger partial charge on any atom is -0.383 e. The highest BCUT2D eigenvalue weighted by molar-refractivity contribution is 5.40. The van der Waals surface area contributed by atoms with Crippen molar-refractivity contribution in [2.24, 2.45) is 0 Å². The van der Waals surface area contributed by atoms with Gasteiger partial charge < -0.3 is 19.7 Å². The van der Waals surface area contributed by atoms with Gasteiger partial charge in [-0.25, -0.2) is 4.98 Å². The van der Waals surface area contributed by atoms with Crippen LogP contribution in [0, 0.1) is 0 Å². The zero-order chi connectivity index (χ0) is 15.7. The minimum absolute atomic E-state index is 0.256. The third-order valence-electron chi connectivity index (χ3n) is 3.25. The van der Waals surface area contributed by atoms with Gasteiger partial charge in [0.2, 0.25) is 0 Å². The molecule has 1 rings (SSSR count). The predicted octanol–water partition coefficient (Wildman–Crippen LogP) is 2.07. The fraction of sp³-hybridized carbons (Fsp3) is 0.688. The van der Waals surface area contributed by atoms with Crippen molar-refractivity contribution >= 4 is 5.82 Å². The number of nitrogens with zero attached hydrogens (tertiary/aromatic N) is 2. The molecule has 120 valence electrons. The van der Waals surface area contributed by atoms with Crippen LogP contribution in [0.4, 0.5) is 5.82 Å². The molecule has 1 aromatic heterocycles. The molecule has 1 aromatic rings. The Bertz CT molecular complexity index is 399. The Morgan fingerprint density at radius 1 is 1.19 bits per heavy atom. The van der Waals surface area contributed by atoms with E-state index in [-0.39, 0.29) is 6.04 Å². The number of nitrogens with one attached hydrogen (secondary N) is 1. The Labute approximate surface area is 128 Å². The van der Waals surface area contributed by atoms with Crippen molar-refractivity contribution in [2.75, 3.05) is 38.9 Å². The Morgan fingerprint density at radius 3 is 2.57 bits per heavy atom. The third kappa shape index (κ3) is 6.42. The smallest absolute Gasteiger partial charge is 0.129 e. The summed E-state index contributed by atoms with van der Waals surface area (Å²) >= 11 is 0. The molecule has 5 heteroatoms. The first-order valence-electron chi connectivity index (χ1n) is 7.52. The molecule has 1 N–H and O–H groups in total. The number of methoxy groups -OCH3 is 2. The first-order chi connectivity index (χ1) is 10.1. The first-order valence-corrected chi connectivity index (χ1v) is 7.52. The summed E-state index contributed by atoms with van der Waals surface area (Å²) in [5.41, 5.74) is 1.05. The number of anilines is 1. The van der Waals surface area contributed by atoms with Crippen molar-refractivity contribution in [3.63, 3.8) is 0 Å². The molecule has 0 spiro atoms. The van der Waals surface area contributed by atoms with Crippen LogP contribution in [-0.4, -0.2) is 51.0 Å². The van der Waals surface area contributed by atoms with Crippen LogP contribution in [0.5, 0.6) is 0 Å². The summed E-state index contributed by atoms with van der Waals surface area (Å²) < 4.78 is 10.5. The maximum atomic E-state index is 5.27. The fourth-order valence-corrected chi connectivity index (χ4v) is 2.12. The van der Waals surface area contributed by atoms with Crippen molar-refractivity contribution in [3.8, 4) is 0 Å². The van der Waals surface area contributed by atoms with E-state index >= 15 is 0 Å². The van der Waals surface area contributed by atoms with E-state index in [2.05, 4.69) is 37.1 Å². The predicted molar refractivity (Wildman–Crippen MR) is 86.8 cm³/mol. The maximum Gasteiger partial charge on any atom is 0.129 e. The SMILES string of the molecule is COCCN(c1cccc(CNC(C)C)n1)C(C)COC.